The first-order chi connectivity index (χ1) is 7.51. The van der Waals surface area contributed by atoms with Crippen molar-refractivity contribution < 1.29 is 9.84 Å². The quantitative estimate of drug-likeness (QED) is 0.782. The Morgan fingerprint density at radius 2 is 2.25 bits per heavy atom. The van der Waals surface area contributed by atoms with Crippen LogP contribution >= 0.6 is 0 Å². The predicted molar refractivity (Wildman–Crippen MR) is 62.8 cm³/mol. The van der Waals surface area contributed by atoms with Gasteiger partial charge in [-0.15, -0.1) is 0 Å². The van der Waals surface area contributed by atoms with E-state index in [0.29, 0.717) is 12.5 Å². The fraction of sp³-hybridized carbons (Fsp3) is 0.923. The highest BCUT2D eigenvalue weighted by Gasteiger charge is 2.51. The van der Waals surface area contributed by atoms with Gasteiger partial charge in [-0.3, -0.25) is 0 Å². The summed E-state index contributed by atoms with van der Waals surface area (Å²) in [6, 6.07) is 2.36. The van der Waals surface area contributed by atoms with Crippen LogP contribution in [0, 0.1) is 22.7 Å². The summed E-state index contributed by atoms with van der Waals surface area (Å²) in [4.78, 5) is 0. The molecule has 0 aromatic heterocycles. The number of nitrogens with zero attached hydrogens (tertiary/aromatic N) is 1. The van der Waals surface area contributed by atoms with E-state index >= 15 is 0 Å². The lowest BCUT2D eigenvalue weighted by molar-refractivity contribution is -0.0958. The lowest BCUT2D eigenvalue weighted by Crippen LogP contribution is -2.47. The zero-order valence-corrected chi connectivity index (χ0v) is 10.6. The van der Waals surface area contributed by atoms with Gasteiger partial charge in [0.15, 0.2) is 0 Å². The van der Waals surface area contributed by atoms with Crippen LogP contribution in [-0.2, 0) is 4.74 Å². The number of hydrogen-bond acceptors (Lipinski definition) is 3. The minimum absolute atomic E-state index is 0.257. The molecule has 0 spiro atoms. The standard InChI is InChI=1S/C13H23NO2/c1-4-11-6-7-13(8-11,9-14)12(3,15)10-16-5-2/h11,15H,4-8,10H2,1-3H3. The van der Waals surface area contributed by atoms with Gasteiger partial charge in [0.05, 0.1) is 18.1 Å². The van der Waals surface area contributed by atoms with E-state index in [1.54, 1.807) is 6.92 Å². The SMILES string of the molecule is CCOCC(C)(O)C1(C#N)CCC(CC)C1. The summed E-state index contributed by atoms with van der Waals surface area (Å²) >= 11 is 0. The molecule has 1 saturated carbocycles. The molecule has 1 N–H and O–H groups in total. The Balaban J connectivity index is 2.77. The molecule has 1 aliphatic rings. The van der Waals surface area contributed by atoms with Gasteiger partial charge >= 0.3 is 0 Å². The molecule has 0 amide bonds. The van der Waals surface area contributed by atoms with E-state index in [2.05, 4.69) is 13.0 Å². The number of nitriles is 1. The van der Waals surface area contributed by atoms with Crippen molar-refractivity contribution in [1.82, 2.24) is 0 Å². The van der Waals surface area contributed by atoms with Gasteiger partial charge in [0.2, 0.25) is 0 Å². The van der Waals surface area contributed by atoms with Crippen molar-refractivity contribution in [2.24, 2.45) is 11.3 Å². The maximum absolute atomic E-state index is 10.5. The van der Waals surface area contributed by atoms with Crippen LogP contribution in [0.25, 0.3) is 0 Å². The molecule has 3 unspecified atom stereocenters. The van der Waals surface area contributed by atoms with E-state index in [4.69, 9.17) is 4.74 Å². The Bertz CT molecular complexity index is 270. The molecule has 0 bridgehead atoms. The summed E-state index contributed by atoms with van der Waals surface area (Å²) in [6.45, 7) is 6.63. The van der Waals surface area contributed by atoms with Gasteiger partial charge < -0.3 is 9.84 Å². The molecule has 3 nitrogen and oxygen atoms in total. The highest BCUT2D eigenvalue weighted by Crippen LogP contribution is 2.49. The van der Waals surface area contributed by atoms with Crippen LogP contribution in [0.2, 0.25) is 0 Å². The van der Waals surface area contributed by atoms with Crippen LogP contribution in [0.3, 0.4) is 0 Å². The van der Waals surface area contributed by atoms with Crippen LogP contribution in [0.1, 0.15) is 46.5 Å². The summed E-state index contributed by atoms with van der Waals surface area (Å²) in [5, 5.41) is 19.9. The summed E-state index contributed by atoms with van der Waals surface area (Å²) in [6.07, 6.45) is 3.74. The number of ether oxygens (including phenoxy) is 1. The molecule has 3 atom stereocenters. The molecule has 0 heterocycles. The van der Waals surface area contributed by atoms with Gasteiger partial charge in [0, 0.05) is 6.61 Å². The molecule has 92 valence electrons. The maximum Gasteiger partial charge on any atom is 0.104 e. The lowest BCUT2D eigenvalue weighted by Gasteiger charge is -2.37. The van der Waals surface area contributed by atoms with Crippen LogP contribution in [0.15, 0.2) is 0 Å². The van der Waals surface area contributed by atoms with Crippen molar-refractivity contribution in [3.63, 3.8) is 0 Å². The molecule has 0 aromatic carbocycles. The molecule has 0 saturated heterocycles. The number of hydrogen-bond donors (Lipinski definition) is 1. The van der Waals surface area contributed by atoms with Crippen LogP contribution < -0.4 is 0 Å². The molecule has 3 heteroatoms. The van der Waals surface area contributed by atoms with Crippen molar-refractivity contribution in [2.45, 2.75) is 52.1 Å². The molecule has 0 aliphatic heterocycles. The number of rotatable bonds is 5. The highest BCUT2D eigenvalue weighted by molar-refractivity contribution is 5.13. The van der Waals surface area contributed by atoms with E-state index in [0.717, 1.165) is 25.7 Å². The van der Waals surface area contributed by atoms with E-state index in [9.17, 15) is 10.4 Å². The molecule has 0 aromatic rings. The maximum atomic E-state index is 10.5. The van der Waals surface area contributed by atoms with E-state index in [1.165, 1.54) is 0 Å². The molecule has 16 heavy (non-hydrogen) atoms. The van der Waals surface area contributed by atoms with Crippen LogP contribution in [-0.4, -0.2) is 23.9 Å². The van der Waals surface area contributed by atoms with Gasteiger partial charge in [-0.25, -0.2) is 0 Å². The van der Waals surface area contributed by atoms with Crippen molar-refractivity contribution in [3.8, 4) is 6.07 Å². The summed E-state index contributed by atoms with van der Waals surface area (Å²) in [5.41, 5.74) is -1.63. The fourth-order valence-corrected chi connectivity index (χ4v) is 2.65. The minimum atomic E-state index is -1.03. The first-order valence-electron chi connectivity index (χ1n) is 6.22. The van der Waals surface area contributed by atoms with Gasteiger partial charge in [0.25, 0.3) is 0 Å². The molecule has 1 fully saturated rings. The first-order valence-corrected chi connectivity index (χ1v) is 6.22. The second kappa shape index (κ2) is 5.16. The Morgan fingerprint density at radius 3 is 2.69 bits per heavy atom. The van der Waals surface area contributed by atoms with Crippen LogP contribution in [0.4, 0.5) is 0 Å². The largest absolute Gasteiger partial charge is 0.386 e. The second-order valence-corrected chi connectivity index (χ2v) is 5.12. The smallest absolute Gasteiger partial charge is 0.104 e. The third kappa shape index (κ3) is 2.39. The summed E-state index contributed by atoms with van der Waals surface area (Å²) in [5.74, 6) is 0.577. The summed E-state index contributed by atoms with van der Waals surface area (Å²) < 4.78 is 5.31. The monoisotopic (exact) mass is 225 g/mol. The molecule has 1 aliphatic carbocycles. The minimum Gasteiger partial charge on any atom is -0.386 e. The van der Waals surface area contributed by atoms with Gasteiger partial charge in [-0.05, 0) is 39.0 Å². The summed E-state index contributed by atoms with van der Waals surface area (Å²) in [7, 11) is 0. The second-order valence-electron chi connectivity index (χ2n) is 5.12. The van der Waals surface area contributed by atoms with Gasteiger partial charge in [0.1, 0.15) is 5.60 Å². The molecular weight excluding hydrogens is 202 g/mol. The highest BCUT2D eigenvalue weighted by atomic mass is 16.5. The van der Waals surface area contributed by atoms with Crippen molar-refractivity contribution in [3.05, 3.63) is 0 Å². The van der Waals surface area contributed by atoms with E-state index < -0.39 is 11.0 Å². The lowest BCUT2D eigenvalue weighted by atomic mass is 9.72. The Morgan fingerprint density at radius 1 is 1.56 bits per heavy atom. The zero-order valence-electron chi connectivity index (χ0n) is 10.6. The zero-order chi connectivity index (χ0) is 12.2. The molecular formula is C13H23NO2. The Kier molecular flexibility index (Phi) is 4.35. The van der Waals surface area contributed by atoms with Gasteiger partial charge in [-0.2, -0.15) is 5.26 Å². The predicted octanol–water partition coefficient (Wildman–Crippen LogP) is 2.49. The third-order valence-corrected chi connectivity index (χ3v) is 4.03. The Labute approximate surface area is 98.4 Å². The normalized spacial score (nSPS) is 33.3. The van der Waals surface area contributed by atoms with Crippen LogP contribution in [0.5, 0.6) is 0 Å². The first kappa shape index (κ1) is 13.5. The third-order valence-electron chi connectivity index (χ3n) is 4.03. The molecule has 0 radical (unpaired) electrons. The topological polar surface area (TPSA) is 53.2 Å². The average Bonchev–Trinajstić information content (AvgIpc) is 2.71. The number of aliphatic hydroxyl groups is 1. The van der Waals surface area contributed by atoms with Crippen molar-refractivity contribution in [2.75, 3.05) is 13.2 Å². The average molecular weight is 225 g/mol. The van der Waals surface area contributed by atoms with Gasteiger partial charge in [-0.1, -0.05) is 13.3 Å². The van der Waals surface area contributed by atoms with E-state index in [1.807, 2.05) is 6.92 Å². The fourth-order valence-electron chi connectivity index (χ4n) is 2.65. The van der Waals surface area contributed by atoms with Crippen molar-refractivity contribution >= 4 is 0 Å². The van der Waals surface area contributed by atoms with E-state index in [-0.39, 0.29) is 6.61 Å². The molecule has 1 rings (SSSR count). The Hall–Kier alpha value is -0.590. The van der Waals surface area contributed by atoms with Crippen molar-refractivity contribution in [1.29, 1.82) is 5.26 Å².